The highest BCUT2D eigenvalue weighted by molar-refractivity contribution is 7.92. The first kappa shape index (κ1) is 23.9. The van der Waals surface area contributed by atoms with Crippen LogP contribution in [0, 0.1) is 13.8 Å². The number of carbonyl (C=O) groups is 2. The molecule has 2 aromatic rings. The van der Waals surface area contributed by atoms with Gasteiger partial charge in [0, 0.05) is 9.90 Å². The molecule has 0 unspecified atom stereocenters. The molecule has 0 bridgehead atoms. The summed E-state index contributed by atoms with van der Waals surface area (Å²) in [6, 6.07) is 4.65. The van der Waals surface area contributed by atoms with Crippen molar-refractivity contribution in [3.63, 3.8) is 0 Å². The molecule has 0 spiro atoms. The Balaban J connectivity index is 0.00000122. The van der Waals surface area contributed by atoms with Crippen molar-refractivity contribution in [1.29, 1.82) is 0 Å². The quantitative estimate of drug-likeness (QED) is 0.592. The van der Waals surface area contributed by atoms with E-state index in [-0.39, 0.29) is 27.3 Å². The maximum Gasteiger partial charge on any atom is 0.348 e. The maximum absolute atomic E-state index is 12.8. The Labute approximate surface area is 173 Å². The van der Waals surface area contributed by atoms with E-state index in [9.17, 15) is 18.3 Å². The first-order valence-electron chi connectivity index (χ1n) is 7.99. The highest BCUT2D eigenvalue weighted by Crippen LogP contribution is 2.36. The molecule has 0 fully saturated rings. The molecule has 1 aromatic heterocycles. The number of thiophene rings is 1. The van der Waals surface area contributed by atoms with E-state index in [0.717, 1.165) is 16.2 Å². The summed E-state index contributed by atoms with van der Waals surface area (Å²) in [5.74, 6) is -1.16. The number of nitrogens with one attached hydrogen (secondary N) is 1. The van der Waals surface area contributed by atoms with E-state index in [1.54, 1.807) is 26.0 Å². The Morgan fingerprint density at radius 3 is 2.18 bits per heavy atom. The zero-order valence-electron chi connectivity index (χ0n) is 16.0. The molecule has 10 heteroatoms. The van der Waals surface area contributed by atoms with Gasteiger partial charge < -0.3 is 10.2 Å². The summed E-state index contributed by atoms with van der Waals surface area (Å²) in [4.78, 5) is 20.7. The minimum absolute atomic E-state index is 0.0307. The Hall–Kier alpha value is -2.10. The number of anilines is 1. The molecule has 0 atom stereocenters. The van der Waals surface area contributed by atoms with E-state index in [1.165, 1.54) is 6.07 Å². The molecular formula is C18H22ClNO6S2. The molecular weight excluding hydrogens is 426 g/mol. The van der Waals surface area contributed by atoms with Crippen LogP contribution in [0.1, 0.15) is 46.4 Å². The Bertz CT molecular complexity index is 990. The minimum Gasteiger partial charge on any atom is -0.483 e. The Morgan fingerprint density at radius 2 is 1.71 bits per heavy atom. The van der Waals surface area contributed by atoms with Gasteiger partial charge in [0.15, 0.2) is 0 Å². The summed E-state index contributed by atoms with van der Waals surface area (Å²) < 4.78 is 28.0. The van der Waals surface area contributed by atoms with Crippen molar-refractivity contribution in [1.82, 2.24) is 0 Å². The number of hydrogen-bond acceptors (Lipinski definition) is 5. The van der Waals surface area contributed by atoms with Crippen LogP contribution in [-0.4, -0.2) is 31.1 Å². The van der Waals surface area contributed by atoms with Crippen LogP contribution in [0.5, 0.6) is 0 Å². The normalized spacial score (nSPS) is 11.4. The van der Waals surface area contributed by atoms with Gasteiger partial charge >= 0.3 is 5.97 Å². The molecule has 154 valence electrons. The molecule has 0 amide bonds. The van der Waals surface area contributed by atoms with Crippen molar-refractivity contribution >= 4 is 51.1 Å². The van der Waals surface area contributed by atoms with Crippen molar-refractivity contribution in [2.75, 3.05) is 4.72 Å². The molecule has 0 aliphatic rings. The van der Waals surface area contributed by atoms with E-state index in [0.29, 0.717) is 16.1 Å². The highest BCUT2D eigenvalue weighted by atomic mass is 35.5. The summed E-state index contributed by atoms with van der Waals surface area (Å²) in [6.07, 6.45) is 0. The number of hydrogen-bond donors (Lipinski definition) is 3. The second-order valence-electron chi connectivity index (χ2n) is 6.99. The molecule has 7 nitrogen and oxygen atoms in total. The molecule has 1 heterocycles. The fraction of sp³-hybridized carbons (Fsp3) is 0.333. The smallest absolute Gasteiger partial charge is 0.348 e. The number of sulfonamides is 1. The lowest BCUT2D eigenvalue weighted by Gasteiger charge is -2.15. The van der Waals surface area contributed by atoms with E-state index >= 15 is 0 Å². The monoisotopic (exact) mass is 447 g/mol. The summed E-state index contributed by atoms with van der Waals surface area (Å²) >= 11 is 7.10. The minimum atomic E-state index is -3.94. The Morgan fingerprint density at radius 1 is 1.18 bits per heavy atom. The SMILES string of the molecule is Cc1cc(S(=O)(=O)Nc2cc(C(C)(C)C)sc2C(=O)O)c(C)cc1Cl.O=CO. The third-order valence-electron chi connectivity index (χ3n) is 3.66. The number of rotatable bonds is 4. The van der Waals surface area contributed by atoms with E-state index in [4.69, 9.17) is 21.5 Å². The van der Waals surface area contributed by atoms with Crippen LogP contribution in [0.2, 0.25) is 5.02 Å². The van der Waals surface area contributed by atoms with Gasteiger partial charge in [-0.25, -0.2) is 13.2 Å². The molecule has 0 saturated heterocycles. The van der Waals surface area contributed by atoms with E-state index in [2.05, 4.69) is 4.72 Å². The number of aromatic carboxylic acids is 1. The summed E-state index contributed by atoms with van der Waals surface area (Å²) in [7, 11) is -3.94. The van der Waals surface area contributed by atoms with Crippen molar-refractivity contribution < 1.29 is 28.2 Å². The van der Waals surface area contributed by atoms with Crippen molar-refractivity contribution in [3.8, 4) is 0 Å². The fourth-order valence-electron chi connectivity index (χ4n) is 2.24. The molecule has 0 aliphatic heterocycles. The lowest BCUT2D eigenvalue weighted by molar-refractivity contribution is -0.122. The number of benzene rings is 1. The topological polar surface area (TPSA) is 121 Å². The number of halogens is 1. The second kappa shape index (κ2) is 8.93. The van der Waals surface area contributed by atoms with Crippen LogP contribution in [0.3, 0.4) is 0 Å². The molecule has 2 rings (SSSR count). The van der Waals surface area contributed by atoms with Crippen LogP contribution in [-0.2, 0) is 20.2 Å². The highest BCUT2D eigenvalue weighted by Gasteiger charge is 2.26. The molecule has 0 aliphatic carbocycles. The summed E-state index contributed by atoms with van der Waals surface area (Å²) in [6.45, 7) is 8.93. The average molecular weight is 448 g/mol. The predicted molar refractivity (Wildman–Crippen MR) is 110 cm³/mol. The van der Waals surface area contributed by atoms with Crippen molar-refractivity contribution in [2.24, 2.45) is 0 Å². The van der Waals surface area contributed by atoms with Crippen molar-refractivity contribution in [3.05, 3.63) is 44.1 Å². The van der Waals surface area contributed by atoms with Crippen LogP contribution in [0.15, 0.2) is 23.1 Å². The summed E-state index contributed by atoms with van der Waals surface area (Å²) in [5.41, 5.74) is 0.915. The number of carboxylic acid groups (broad SMARTS) is 2. The van der Waals surface area contributed by atoms with Gasteiger partial charge in [0.05, 0.1) is 10.6 Å². The van der Waals surface area contributed by atoms with Crippen LogP contribution >= 0.6 is 22.9 Å². The molecule has 1 aromatic carbocycles. The molecule has 0 saturated carbocycles. The lowest BCUT2D eigenvalue weighted by Crippen LogP contribution is -2.16. The zero-order chi connectivity index (χ0) is 21.9. The predicted octanol–water partition coefficient (Wildman–Crippen LogP) is 4.52. The van der Waals surface area contributed by atoms with E-state index < -0.39 is 16.0 Å². The maximum atomic E-state index is 12.8. The van der Waals surface area contributed by atoms with Gasteiger partial charge in [-0.3, -0.25) is 9.52 Å². The van der Waals surface area contributed by atoms with Crippen molar-refractivity contribution in [2.45, 2.75) is 44.9 Å². The lowest BCUT2D eigenvalue weighted by atomic mass is 9.95. The van der Waals surface area contributed by atoms with Gasteiger partial charge in [-0.05, 0) is 48.6 Å². The largest absolute Gasteiger partial charge is 0.483 e. The first-order valence-corrected chi connectivity index (χ1v) is 10.7. The van der Waals surface area contributed by atoms with Crippen LogP contribution in [0.25, 0.3) is 0 Å². The third-order valence-corrected chi connectivity index (χ3v) is 7.12. The standard InChI is InChI=1S/C17H20ClNO4S2.CH2O2/c1-9-7-13(10(2)6-11(9)18)25(22,23)19-12-8-14(17(3,4)5)24-15(12)16(20)21;2-1-3/h6-8,19H,1-5H3,(H,20,21);1H,(H,2,3). The van der Waals surface area contributed by atoms with Gasteiger partial charge in [-0.2, -0.15) is 0 Å². The summed E-state index contributed by atoms with van der Waals surface area (Å²) in [5, 5.41) is 16.8. The number of aryl methyl sites for hydroxylation is 2. The Kier molecular flexibility index (Phi) is 7.64. The van der Waals surface area contributed by atoms with E-state index in [1.807, 2.05) is 20.8 Å². The average Bonchev–Trinajstić information content (AvgIpc) is 2.95. The molecule has 3 N–H and O–H groups in total. The van der Waals surface area contributed by atoms with Crippen LogP contribution in [0.4, 0.5) is 5.69 Å². The van der Waals surface area contributed by atoms with Gasteiger partial charge in [-0.1, -0.05) is 32.4 Å². The number of carboxylic acids is 1. The van der Waals surface area contributed by atoms with Crippen LogP contribution < -0.4 is 4.72 Å². The fourth-order valence-corrected chi connectivity index (χ4v) is 4.91. The van der Waals surface area contributed by atoms with Gasteiger partial charge in [-0.15, -0.1) is 11.3 Å². The van der Waals surface area contributed by atoms with Gasteiger partial charge in [0.2, 0.25) is 0 Å². The zero-order valence-corrected chi connectivity index (χ0v) is 18.4. The third kappa shape index (κ3) is 5.70. The molecule has 0 radical (unpaired) electrons. The molecule has 28 heavy (non-hydrogen) atoms. The van der Waals surface area contributed by atoms with Gasteiger partial charge in [0.1, 0.15) is 4.88 Å². The van der Waals surface area contributed by atoms with Gasteiger partial charge in [0.25, 0.3) is 16.5 Å². The second-order valence-corrected chi connectivity index (χ2v) is 10.1. The first-order chi connectivity index (χ1) is 12.7.